The van der Waals surface area contributed by atoms with Crippen molar-refractivity contribution in [1.29, 1.82) is 0 Å². The summed E-state index contributed by atoms with van der Waals surface area (Å²) in [6, 6.07) is 8.68. The Morgan fingerprint density at radius 3 is 2.88 bits per heavy atom. The number of nitrogens with zero attached hydrogens (tertiary/aromatic N) is 2. The van der Waals surface area contributed by atoms with Gasteiger partial charge in [-0.25, -0.2) is 9.97 Å². The highest BCUT2D eigenvalue weighted by molar-refractivity contribution is 9.10. The third-order valence-corrected chi connectivity index (χ3v) is 4.43. The monoisotopic (exact) mass is 384 g/mol. The largest absolute Gasteiger partial charge is 0.507 e. The maximum atomic E-state index is 11.9. The van der Waals surface area contributed by atoms with Gasteiger partial charge in [0.1, 0.15) is 5.75 Å². The molecule has 0 fully saturated rings. The normalized spacial score (nSPS) is 13.5. The summed E-state index contributed by atoms with van der Waals surface area (Å²) in [5, 5.41) is 12.9. The van der Waals surface area contributed by atoms with Gasteiger partial charge in [-0.15, -0.1) is 0 Å². The van der Waals surface area contributed by atoms with Crippen LogP contribution in [0, 0.1) is 0 Å². The number of carbonyl (C=O) groups excluding carboxylic acids is 1. The van der Waals surface area contributed by atoms with E-state index in [2.05, 4.69) is 36.2 Å². The number of aromatic hydroxyl groups is 1. The van der Waals surface area contributed by atoms with Gasteiger partial charge < -0.3 is 15.4 Å². The van der Waals surface area contributed by atoms with Gasteiger partial charge in [-0.1, -0.05) is 15.9 Å². The van der Waals surface area contributed by atoms with Crippen LogP contribution in [0.1, 0.15) is 16.1 Å². The Hall–Kier alpha value is -2.67. The number of aromatic amines is 1. The summed E-state index contributed by atoms with van der Waals surface area (Å²) in [5.74, 6) is 0.460. The predicted molar refractivity (Wildman–Crippen MR) is 92.7 cm³/mol. The van der Waals surface area contributed by atoms with Gasteiger partial charge in [-0.05, 0) is 30.3 Å². The second-order valence-electron chi connectivity index (χ2n) is 5.51. The van der Waals surface area contributed by atoms with E-state index in [0.29, 0.717) is 29.2 Å². The van der Waals surface area contributed by atoms with Crippen LogP contribution < -0.4 is 5.32 Å². The van der Waals surface area contributed by atoms with E-state index in [0.717, 1.165) is 22.3 Å². The maximum absolute atomic E-state index is 11.9. The fraction of sp³-hybridized carbons (Fsp3) is 0.118. The first-order valence-electron chi connectivity index (χ1n) is 7.44. The molecule has 0 atom stereocenters. The first-order valence-corrected chi connectivity index (χ1v) is 8.23. The highest BCUT2D eigenvalue weighted by Crippen LogP contribution is 2.31. The van der Waals surface area contributed by atoms with Crippen LogP contribution in [0.15, 0.2) is 41.0 Å². The van der Waals surface area contributed by atoms with Crippen LogP contribution in [-0.4, -0.2) is 32.5 Å². The topological polar surface area (TPSA) is 90.9 Å². The molecule has 120 valence electrons. The zero-order valence-electron chi connectivity index (χ0n) is 12.5. The molecule has 24 heavy (non-hydrogen) atoms. The summed E-state index contributed by atoms with van der Waals surface area (Å²) >= 11 is 3.38. The average molecular weight is 385 g/mol. The smallest absolute Gasteiger partial charge is 0.253 e. The Morgan fingerprint density at radius 1 is 1.17 bits per heavy atom. The van der Waals surface area contributed by atoms with Crippen molar-refractivity contribution in [3.05, 3.63) is 52.3 Å². The van der Waals surface area contributed by atoms with E-state index in [1.165, 1.54) is 0 Å². The Balaban J connectivity index is 1.78. The van der Waals surface area contributed by atoms with Gasteiger partial charge in [0.25, 0.3) is 5.91 Å². The van der Waals surface area contributed by atoms with Crippen molar-refractivity contribution in [1.82, 2.24) is 20.3 Å². The van der Waals surface area contributed by atoms with Crippen molar-refractivity contribution in [2.24, 2.45) is 0 Å². The Kier molecular flexibility index (Phi) is 3.57. The van der Waals surface area contributed by atoms with Crippen LogP contribution in [0.4, 0.5) is 0 Å². The Morgan fingerprint density at radius 2 is 2.04 bits per heavy atom. The number of benzene rings is 1. The molecule has 0 unspecified atom stereocenters. The summed E-state index contributed by atoms with van der Waals surface area (Å²) in [6.45, 7) is 0.632. The zero-order valence-corrected chi connectivity index (χ0v) is 14.1. The highest BCUT2D eigenvalue weighted by atomic mass is 79.9. The zero-order chi connectivity index (χ0) is 16.7. The van der Waals surface area contributed by atoms with Crippen LogP contribution in [-0.2, 0) is 6.42 Å². The number of amides is 1. The summed E-state index contributed by atoms with van der Waals surface area (Å²) in [7, 11) is 0. The molecule has 0 radical (unpaired) electrons. The number of hydrogen-bond acceptors (Lipinski definition) is 4. The summed E-state index contributed by atoms with van der Waals surface area (Å²) in [6.07, 6.45) is 2.41. The number of carbonyl (C=O) groups is 1. The van der Waals surface area contributed by atoms with Crippen LogP contribution in [0.25, 0.3) is 22.8 Å². The second-order valence-corrected chi connectivity index (χ2v) is 6.42. The van der Waals surface area contributed by atoms with Crippen molar-refractivity contribution in [3.63, 3.8) is 0 Å². The summed E-state index contributed by atoms with van der Waals surface area (Å²) < 4.78 is 0.830. The third kappa shape index (κ3) is 2.56. The molecule has 0 aliphatic carbocycles. The Labute approximate surface area is 146 Å². The predicted octanol–water partition coefficient (Wildman–Crippen LogP) is 2.89. The first kappa shape index (κ1) is 14.9. The number of hydrogen-bond donors (Lipinski definition) is 3. The number of rotatable bonds is 2. The second kappa shape index (κ2) is 5.76. The number of phenols is 1. The van der Waals surface area contributed by atoms with Crippen LogP contribution in [0.2, 0.25) is 0 Å². The molecule has 4 rings (SSSR count). The van der Waals surface area contributed by atoms with Crippen molar-refractivity contribution >= 4 is 21.8 Å². The van der Waals surface area contributed by atoms with E-state index in [1.54, 1.807) is 36.5 Å². The van der Waals surface area contributed by atoms with Gasteiger partial charge in [-0.3, -0.25) is 4.79 Å². The maximum Gasteiger partial charge on any atom is 0.253 e. The van der Waals surface area contributed by atoms with Crippen molar-refractivity contribution < 1.29 is 9.90 Å². The molecule has 0 saturated heterocycles. The molecule has 7 heteroatoms. The first-order chi connectivity index (χ1) is 11.6. The number of aromatic nitrogens is 3. The van der Waals surface area contributed by atoms with E-state index in [9.17, 15) is 9.90 Å². The van der Waals surface area contributed by atoms with Crippen LogP contribution in [0.3, 0.4) is 0 Å². The minimum absolute atomic E-state index is 0.0716. The molecule has 0 bridgehead atoms. The number of fused-ring (bicyclic) bond motifs is 1. The van der Waals surface area contributed by atoms with E-state index in [1.807, 2.05) is 0 Å². The standard InChI is InChI=1S/C17H13BrN4O2/c18-9-1-2-15(23)11(7-9)16-19-5-4-13(22-16)14-8-10-12(21-14)3-6-20-17(10)24/h1-2,4-5,7-8,21,23H,3,6H2,(H,20,24). The molecule has 2 aromatic heterocycles. The average Bonchev–Trinajstić information content (AvgIpc) is 3.03. The number of halogens is 1. The third-order valence-electron chi connectivity index (χ3n) is 3.94. The highest BCUT2D eigenvalue weighted by Gasteiger charge is 2.20. The SMILES string of the molecule is O=C1NCCc2[nH]c(-c3ccnc(-c4cc(Br)ccc4O)n3)cc21. The van der Waals surface area contributed by atoms with Gasteiger partial charge >= 0.3 is 0 Å². The lowest BCUT2D eigenvalue weighted by molar-refractivity contribution is 0.0946. The van der Waals surface area contributed by atoms with Gasteiger partial charge in [0.05, 0.1) is 22.5 Å². The van der Waals surface area contributed by atoms with E-state index in [-0.39, 0.29) is 11.7 Å². The van der Waals surface area contributed by atoms with Gasteiger partial charge in [-0.2, -0.15) is 0 Å². The molecule has 0 saturated carbocycles. The minimum Gasteiger partial charge on any atom is -0.507 e. The molecule has 3 aromatic rings. The van der Waals surface area contributed by atoms with Gasteiger partial charge in [0.15, 0.2) is 5.82 Å². The van der Waals surface area contributed by atoms with Crippen molar-refractivity contribution in [3.8, 4) is 28.5 Å². The molecule has 1 amide bonds. The molecule has 3 N–H and O–H groups in total. The molecule has 3 heterocycles. The molecule has 1 aliphatic heterocycles. The lowest BCUT2D eigenvalue weighted by atomic mass is 10.1. The fourth-order valence-corrected chi connectivity index (χ4v) is 3.12. The number of phenolic OH excluding ortho intramolecular Hbond substituents is 1. The summed E-state index contributed by atoms with van der Waals surface area (Å²) in [5.41, 5.74) is 3.54. The lowest BCUT2D eigenvalue weighted by Gasteiger charge is -2.10. The van der Waals surface area contributed by atoms with Crippen LogP contribution >= 0.6 is 15.9 Å². The molecule has 0 spiro atoms. The molecule has 1 aliphatic rings. The van der Waals surface area contributed by atoms with E-state index < -0.39 is 0 Å². The Bertz CT molecular complexity index is 952. The molecular formula is C17H13BrN4O2. The quantitative estimate of drug-likeness (QED) is 0.633. The minimum atomic E-state index is -0.0716. The molecule has 6 nitrogen and oxygen atoms in total. The van der Waals surface area contributed by atoms with Crippen molar-refractivity contribution in [2.75, 3.05) is 6.54 Å². The molecule has 1 aromatic carbocycles. The summed E-state index contributed by atoms with van der Waals surface area (Å²) in [4.78, 5) is 23.9. The van der Waals surface area contributed by atoms with E-state index in [4.69, 9.17) is 0 Å². The fourth-order valence-electron chi connectivity index (χ4n) is 2.76. The number of H-pyrrole nitrogens is 1. The molecular weight excluding hydrogens is 372 g/mol. The van der Waals surface area contributed by atoms with Gasteiger partial charge in [0.2, 0.25) is 0 Å². The van der Waals surface area contributed by atoms with E-state index >= 15 is 0 Å². The number of nitrogens with one attached hydrogen (secondary N) is 2. The van der Waals surface area contributed by atoms with Crippen molar-refractivity contribution in [2.45, 2.75) is 6.42 Å². The lowest BCUT2D eigenvalue weighted by Crippen LogP contribution is -2.31. The van der Waals surface area contributed by atoms with Gasteiger partial charge in [0, 0.05) is 29.3 Å². The van der Waals surface area contributed by atoms with Crippen LogP contribution in [0.5, 0.6) is 5.75 Å².